The van der Waals surface area contributed by atoms with Crippen molar-refractivity contribution in [2.24, 2.45) is 10.2 Å². The number of hydrogen-bond acceptors (Lipinski definition) is 6. The average molecular weight is 361 g/mol. The van der Waals surface area contributed by atoms with Gasteiger partial charge in [0.05, 0.1) is 41.9 Å². The maximum atomic E-state index is 10.9. The summed E-state index contributed by atoms with van der Waals surface area (Å²) in [6, 6.07) is 16.1. The number of hydrogen-bond donors (Lipinski definition) is 1. The van der Waals surface area contributed by atoms with Crippen LogP contribution in [0.1, 0.15) is 28.8 Å². The highest BCUT2D eigenvalue weighted by atomic mass is 16.4. The monoisotopic (exact) mass is 361 g/mol. The van der Waals surface area contributed by atoms with Gasteiger partial charge < -0.3 is 10.0 Å². The Morgan fingerprint density at radius 2 is 1.67 bits per heavy atom. The number of azo groups is 1. The molecule has 1 N–H and O–H groups in total. The Hall–Kier alpha value is -3.71. The van der Waals surface area contributed by atoms with Crippen molar-refractivity contribution >= 4 is 23.0 Å². The molecule has 0 atom stereocenters. The van der Waals surface area contributed by atoms with Gasteiger partial charge in [0.2, 0.25) is 0 Å². The molecule has 0 spiro atoms. The van der Waals surface area contributed by atoms with Crippen molar-refractivity contribution in [1.29, 1.82) is 10.5 Å². The van der Waals surface area contributed by atoms with Gasteiger partial charge in [-0.1, -0.05) is 0 Å². The normalized spacial score (nSPS) is 10.3. The summed E-state index contributed by atoms with van der Waals surface area (Å²) in [5, 5.41) is 34.9. The first-order valence-electron chi connectivity index (χ1n) is 8.39. The number of benzene rings is 2. The smallest absolute Gasteiger partial charge is 0.335 e. The molecular formula is C20H19N5O2. The second-order valence-corrected chi connectivity index (χ2v) is 5.83. The molecule has 0 amide bonds. The van der Waals surface area contributed by atoms with E-state index >= 15 is 0 Å². The minimum atomic E-state index is -0.984. The molecular weight excluding hydrogens is 342 g/mol. The van der Waals surface area contributed by atoms with E-state index in [1.54, 1.807) is 12.1 Å². The molecule has 2 aromatic rings. The van der Waals surface area contributed by atoms with Crippen LogP contribution in [0.2, 0.25) is 0 Å². The third-order valence-electron chi connectivity index (χ3n) is 3.92. The van der Waals surface area contributed by atoms with Gasteiger partial charge in [0, 0.05) is 18.8 Å². The van der Waals surface area contributed by atoms with Crippen LogP contribution in [0.5, 0.6) is 0 Å². The van der Waals surface area contributed by atoms with E-state index in [-0.39, 0.29) is 5.56 Å². The van der Waals surface area contributed by atoms with Crippen LogP contribution in [0.15, 0.2) is 52.7 Å². The van der Waals surface area contributed by atoms with Gasteiger partial charge in [-0.3, -0.25) is 0 Å². The molecule has 136 valence electrons. The minimum absolute atomic E-state index is 0.198. The number of carboxylic acids is 1. The predicted molar refractivity (Wildman–Crippen MR) is 101 cm³/mol. The SMILES string of the molecule is Cc1cc(N(CCC#N)CCC#N)ccc1N=Nc1ccc(C(=O)O)cc1. The molecule has 0 unspecified atom stereocenters. The lowest BCUT2D eigenvalue weighted by Crippen LogP contribution is -2.25. The maximum Gasteiger partial charge on any atom is 0.335 e. The molecule has 2 aromatic carbocycles. The molecule has 0 radical (unpaired) electrons. The average Bonchev–Trinajstić information content (AvgIpc) is 2.67. The molecule has 0 fully saturated rings. The van der Waals surface area contributed by atoms with E-state index in [0.717, 1.165) is 11.3 Å². The highest BCUT2D eigenvalue weighted by Crippen LogP contribution is 2.27. The molecule has 7 nitrogen and oxygen atoms in total. The van der Waals surface area contributed by atoms with Crippen LogP contribution in [0.25, 0.3) is 0 Å². The lowest BCUT2D eigenvalue weighted by atomic mass is 10.1. The van der Waals surface area contributed by atoms with E-state index in [9.17, 15) is 4.79 Å². The highest BCUT2D eigenvalue weighted by molar-refractivity contribution is 5.87. The Balaban J connectivity index is 2.16. The highest BCUT2D eigenvalue weighted by Gasteiger charge is 2.08. The molecule has 2 rings (SSSR count). The fraction of sp³-hybridized carbons (Fsp3) is 0.250. The van der Waals surface area contributed by atoms with E-state index in [1.807, 2.05) is 30.0 Å². The zero-order chi connectivity index (χ0) is 19.6. The third kappa shape index (κ3) is 5.65. The van der Waals surface area contributed by atoms with E-state index in [2.05, 4.69) is 22.4 Å². The van der Waals surface area contributed by atoms with Gasteiger partial charge in [0.15, 0.2) is 0 Å². The summed E-state index contributed by atoms with van der Waals surface area (Å²) < 4.78 is 0. The van der Waals surface area contributed by atoms with Gasteiger partial charge in [-0.15, -0.1) is 0 Å². The molecule has 0 aliphatic carbocycles. The predicted octanol–water partition coefficient (Wildman–Crippen LogP) is 4.74. The van der Waals surface area contributed by atoms with Gasteiger partial charge in [0.25, 0.3) is 0 Å². The van der Waals surface area contributed by atoms with Crippen molar-refractivity contribution in [2.45, 2.75) is 19.8 Å². The molecule has 0 bridgehead atoms. The number of anilines is 1. The number of rotatable bonds is 8. The minimum Gasteiger partial charge on any atom is -0.478 e. The number of nitriles is 2. The van der Waals surface area contributed by atoms with Crippen LogP contribution < -0.4 is 4.90 Å². The Bertz CT molecular complexity index is 889. The first kappa shape index (κ1) is 19.6. The van der Waals surface area contributed by atoms with E-state index in [0.29, 0.717) is 37.3 Å². The summed E-state index contributed by atoms with van der Waals surface area (Å²) in [4.78, 5) is 12.9. The molecule has 0 aliphatic rings. The lowest BCUT2D eigenvalue weighted by molar-refractivity contribution is 0.0697. The van der Waals surface area contributed by atoms with E-state index < -0.39 is 5.97 Å². The first-order valence-corrected chi connectivity index (χ1v) is 8.39. The Labute approximate surface area is 157 Å². The fourth-order valence-electron chi connectivity index (χ4n) is 2.47. The van der Waals surface area contributed by atoms with Crippen LogP contribution in [0.3, 0.4) is 0 Å². The number of aryl methyl sites for hydroxylation is 1. The number of carboxylic acid groups (broad SMARTS) is 1. The van der Waals surface area contributed by atoms with Crippen LogP contribution in [0, 0.1) is 29.6 Å². The summed E-state index contributed by atoms with van der Waals surface area (Å²) >= 11 is 0. The molecule has 0 saturated carbocycles. The van der Waals surface area contributed by atoms with Crippen LogP contribution in [0.4, 0.5) is 17.1 Å². The van der Waals surface area contributed by atoms with Gasteiger partial charge in [-0.05, 0) is 55.0 Å². The number of nitrogens with zero attached hydrogens (tertiary/aromatic N) is 5. The zero-order valence-corrected chi connectivity index (χ0v) is 15.0. The van der Waals surface area contributed by atoms with Crippen LogP contribution >= 0.6 is 0 Å². The van der Waals surface area contributed by atoms with Crippen molar-refractivity contribution in [3.8, 4) is 12.1 Å². The second-order valence-electron chi connectivity index (χ2n) is 5.83. The topological polar surface area (TPSA) is 113 Å². The Morgan fingerprint density at radius 1 is 1.04 bits per heavy atom. The number of aromatic carboxylic acids is 1. The first-order chi connectivity index (χ1) is 13.0. The fourth-order valence-corrected chi connectivity index (χ4v) is 2.47. The van der Waals surface area contributed by atoms with Crippen molar-refractivity contribution in [3.05, 3.63) is 53.6 Å². The lowest BCUT2D eigenvalue weighted by Gasteiger charge is -2.23. The van der Waals surface area contributed by atoms with Crippen LogP contribution in [-0.2, 0) is 0 Å². The van der Waals surface area contributed by atoms with Gasteiger partial charge in [-0.2, -0.15) is 20.8 Å². The summed E-state index contributed by atoms with van der Waals surface area (Å²) in [7, 11) is 0. The summed E-state index contributed by atoms with van der Waals surface area (Å²) in [6.07, 6.45) is 0.774. The quantitative estimate of drug-likeness (QED) is 0.682. The van der Waals surface area contributed by atoms with Crippen molar-refractivity contribution in [2.75, 3.05) is 18.0 Å². The zero-order valence-electron chi connectivity index (χ0n) is 15.0. The van der Waals surface area contributed by atoms with E-state index in [1.165, 1.54) is 12.1 Å². The second kappa shape index (κ2) is 9.69. The van der Waals surface area contributed by atoms with Gasteiger partial charge >= 0.3 is 5.97 Å². The largest absolute Gasteiger partial charge is 0.478 e. The van der Waals surface area contributed by atoms with Crippen molar-refractivity contribution < 1.29 is 9.90 Å². The van der Waals surface area contributed by atoms with Gasteiger partial charge in [0.1, 0.15) is 0 Å². The Morgan fingerprint density at radius 3 is 2.19 bits per heavy atom. The molecule has 0 heterocycles. The van der Waals surface area contributed by atoms with Gasteiger partial charge in [-0.25, -0.2) is 4.79 Å². The molecule has 27 heavy (non-hydrogen) atoms. The van der Waals surface area contributed by atoms with Crippen LogP contribution in [-0.4, -0.2) is 24.2 Å². The maximum absolute atomic E-state index is 10.9. The van der Waals surface area contributed by atoms with E-state index in [4.69, 9.17) is 15.6 Å². The molecule has 0 saturated heterocycles. The summed E-state index contributed by atoms with van der Waals surface area (Å²) in [6.45, 7) is 3.04. The summed E-state index contributed by atoms with van der Waals surface area (Å²) in [5.74, 6) is -0.984. The molecule has 0 aliphatic heterocycles. The molecule has 7 heteroatoms. The summed E-state index contributed by atoms with van der Waals surface area (Å²) in [5.41, 5.74) is 3.30. The van der Waals surface area contributed by atoms with Crippen molar-refractivity contribution in [1.82, 2.24) is 0 Å². The van der Waals surface area contributed by atoms with Crippen molar-refractivity contribution in [3.63, 3.8) is 0 Å². The Kier molecular flexibility index (Phi) is 7.04. The standard InChI is InChI=1S/C20H19N5O2/c1-15-14-18(25(12-2-10-21)13-3-11-22)8-9-19(15)24-23-17-6-4-16(5-7-17)20(26)27/h4-9,14H,2-3,12-13H2,1H3,(H,26,27). The number of carbonyl (C=O) groups is 1. The third-order valence-corrected chi connectivity index (χ3v) is 3.92. The molecule has 0 aromatic heterocycles.